The molecule has 2 N–H and O–H groups in total. The van der Waals surface area contributed by atoms with Crippen LogP contribution in [0.2, 0.25) is 10.0 Å². The molecule has 4 aliphatic rings. The number of fused-ring (bicyclic) bond motifs is 4. The molecule has 3 aromatic carbocycles. The molecule has 0 bridgehead atoms. The minimum absolute atomic E-state index is 0.00851. The maximum Gasteiger partial charge on any atom is 0.417 e. The number of aliphatic hydroxyl groups is 1. The summed E-state index contributed by atoms with van der Waals surface area (Å²) in [4.78, 5) is 74.7. The summed E-state index contributed by atoms with van der Waals surface area (Å²) >= 11 is 12.6. The van der Waals surface area contributed by atoms with Gasteiger partial charge in [0.25, 0.3) is 17.5 Å². The number of non-ortho nitro benzene ring substituents is 1. The number of hydrogen-bond donors (Lipinski definition) is 2. The first-order chi connectivity index (χ1) is 27.7. The number of anilines is 2. The van der Waals surface area contributed by atoms with Crippen LogP contribution < -0.4 is 15.1 Å². The molecule has 3 fully saturated rings. The number of amides is 4. The zero-order chi connectivity index (χ0) is 41.3. The highest BCUT2D eigenvalue weighted by molar-refractivity contribution is 6.33. The first-order valence-electron chi connectivity index (χ1n) is 18.0. The zero-order valence-corrected chi connectivity index (χ0v) is 31.4. The molecule has 2 saturated heterocycles. The van der Waals surface area contributed by atoms with Crippen molar-refractivity contribution < 1.29 is 47.1 Å². The Bertz CT molecular complexity index is 2430. The number of aliphatic hydroxyl groups excluding tert-OH is 1. The number of pyridine rings is 1. The molecular weight excluding hydrogens is 806 g/mol. The molecule has 0 radical (unpaired) electrons. The number of nitro groups is 1. The van der Waals surface area contributed by atoms with Crippen molar-refractivity contribution in [3.8, 4) is 5.75 Å². The van der Waals surface area contributed by atoms with Gasteiger partial charge in [-0.05, 0) is 54.7 Å². The quantitative estimate of drug-likeness (QED) is 0.0784. The predicted octanol–water partition coefficient (Wildman–Crippen LogP) is 6.88. The average Bonchev–Trinajstić information content (AvgIpc) is 3.58. The van der Waals surface area contributed by atoms with Gasteiger partial charge >= 0.3 is 6.18 Å². The number of hydrogen-bond acceptors (Lipinski definition) is 10. The maximum atomic E-state index is 15.4. The number of benzene rings is 3. The summed E-state index contributed by atoms with van der Waals surface area (Å²) in [5, 5.41) is 21.8. The number of nitrogens with one attached hydrogen (secondary N) is 1. The molecule has 0 unspecified atom stereocenters. The number of nitro benzene ring substituents is 1. The van der Waals surface area contributed by atoms with E-state index >= 15 is 4.79 Å². The molecule has 3 heterocycles. The van der Waals surface area contributed by atoms with Gasteiger partial charge in [-0.1, -0.05) is 71.2 Å². The third kappa shape index (κ3) is 6.08. The maximum absolute atomic E-state index is 15.4. The highest BCUT2D eigenvalue weighted by Crippen LogP contribution is 2.65. The number of hydrazine groups is 1. The van der Waals surface area contributed by atoms with Crippen LogP contribution in [0.25, 0.3) is 0 Å². The van der Waals surface area contributed by atoms with Gasteiger partial charge in [-0.25, -0.2) is 9.88 Å². The van der Waals surface area contributed by atoms with Crippen molar-refractivity contribution in [2.45, 2.75) is 30.4 Å². The summed E-state index contributed by atoms with van der Waals surface area (Å²) in [6.45, 7) is -0.503. The van der Waals surface area contributed by atoms with Gasteiger partial charge in [0.05, 0.1) is 51.0 Å². The molecule has 1 aromatic heterocycles. The van der Waals surface area contributed by atoms with Crippen molar-refractivity contribution in [3.63, 3.8) is 0 Å². The van der Waals surface area contributed by atoms with Gasteiger partial charge in [0.2, 0.25) is 11.8 Å². The number of ether oxygens (including phenoxy) is 1. The molecule has 4 aromatic rings. The molecule has 6 atom stereocenters. The fourth-order valence-electron chi connectivity index (χ4n) is 9.13. The molecule has 58 heavy (non-hydrogen) atoms. The molecule has 8 rings (SSSR count). The number of para-hydroxylation sites is 1. The highest BCUT2D eigenvalue weighted by Gasteiger charge is 2.71. The number of carbonyl (C=O) groups is 4. The molecular formula is C40H30Cl2F3N5O8. The average molecular weight is 837 g/mol. The van der Waals surface area contributed by atoms with E-state index in [0.717, 1.165) is 11.0 Å². The van der Waals surface area contributed by atoms with E-state index in [-0.39, 0.29) is 43.2 Å². The minimum Gasteiger partial charge on any atom is -0.491 e. The number of carbonyl (C=O) groups excluding carboxylic acids is 4. The second-order valence-corrected chi connectivity index (χ2v) is 15.2. The van der Waals surface area contributed by atoms with E-state index in [0.29, 0.717) is 39.0 Å². The molecule has 2 aliphatic carbocycles. The number of allylic oxidation sites excluding steroid dienone is 2. The van der Waals surface area contributed by atoms with Gasteiger partial charge in [-0.3, -0.25) is 34.7 Å². The molecule has 0 spiro atoms. The van der Waals surface area contributed by atoms with Crippen LogP contribution in [-0.4, -0.2) is 56.9 Å². The van der Waals surface area contributed by atoms with Crippen LogP contribution in [0, 0.1) is 33.8 Å². The van der Waals surface area contributed by atoms with Crippen LogP contribution in [0.5, 0.6) is 5.75 Å². The lowest BCUT2D eigenvalue weighted by atomic mass is 9.49. The van der Waals surface area contributed by atoms with Crippen molar-refractivity contribution in [1.82, 2.24) is 9.99 Å². The van der Waals surface area contributed by atoms with E-state index in [2.05, 4.69) is 10.4 Å². The SMILES string of the molecule is O=C1[C@@H]2C[C@@H]3C(=CC[C@@H]4C(=O)N(c5cccc([N+](=O)[O-])c5)C(=O)[C@@H]43)[C@H](c3ccccc3OCCO)[C@]2(c2ccc(Cl)cc2)C(=O)N1Nc1ncc(C(F)(F)F)cc1Cl. The van der Waals surface area contributed by atoms with E-state index in [4.69, 9.17) is 27.9 Å². The molecule has 13 nitrogen and oxygen atoms in total. The van der Waals surface area contributed by atoms with Crippen molar-refractivity contribution in [2.24, 2.45) is 23.7 Å². The van der Waals surface area contributed by atoms with Gasteiger partial charge in [-0.2, -0.15) is 18.2 Å². The lowest BCUT2D eigenvalue weighted by Crippen LogP contribution is -2.53. The van der Waals surface area contributed by atoms with Gasteiger partial charge in [0.1, 0.15) is 12.4 Å². The lowest BCUT2D eigenvalue weighted by molar-refractivity contribution is -0.384. The number of alkyl halides is 3. The number of halogens is 5. The third-order valence-electron chi connectivity index (χ3n) is 11.4. The first kappa shape index (κ1) is 39.0. The van der Waals surface area contributed by atoms with E-state index in [1.54, 1.807) is 54.6 Å². The predicted molar refractivity (Wildman–Crippen MR) is 201 cm³/mol. The van der Waals surface area contributed by atoms with Crippen LogP contribution in [-0.2, 0) is 30.8 Å². The fourth-order valence-corrected chi connectivity index (χ4v) is 9.47. The summed E-state index contributed by atoms with van der Waals surface area (Å²) in [6, 6.07) is 18.7. The Kier molecular flexibility index (Phi) is 9.76. The van der Waals surface area contributed by atoms with E-state index in [9.17, 15) is 42.8 Å². The van der Waals surface area contributed by atoms with Crippen LogP contribution in [0.3, 0.4) is 0 Å². The Hall–Kier alpha value is -5.84. The Morgan fingerprint density at radius 2 is 1.71 bits per heavy atom. The van der Waals surface area contributed by atoms with Gasteiger partial charge < -0.3 is 9.84 Å². The number of nitrogens with zero attached hydrogens (tertiary/aromatic N) is 4. The summed E-state index contributed by atoms with van der Waals surface area (Å²) in [6.07, 6.45) is -2.60. The number of aromatic nitrogens is 1. The van der Waals surface area contributed by atoms with E-state index in [1.807, 2.05) is 0 Å². The van der Waals surface area contributed by atoms with Gasteiger partial charge in [0, 0.05) is 34.8 Å². The van der Waals surface area contributed by atoms with Crippen LogP contribution in [0.15, 0.2) is 96.7 Å². The minimum atomic E-state index is -4.79. The molecule has 2 aliphatic heterocycles. The highest BCUT2D eigenvalue weighted by atomic mass is 35.5. The third-order valence-corrected chi connectivity index (χ3v) is 12.0. The molecule has 18 heteroatoms. The first-order valence-corrected chi connectivity index (χ1v) is 18.7. The van der Waals surface area contributed by atoms with Crippen molar-refractivity contribution in [3.05, 3.63) is 134 Å². The van der Waals surface area contributed by atoms with Crippen molar-refractivity contribution >= 4 is 64.0 Å². The van der Waals surface area contributed by atoms with Gasteiger partial charge in [-0.15, -0.1) is 0 Å². The standard InChI is InChI=1S/C40H30Cl2F3N5O8/c41-22-10-8-20(9-11-22)39-29(36(53)49(38(39)55)47-34-30(42)16-21(19-46-34)40(43,44)45)18-28-25(33(39)26-6-1-2-7-31(26)58-15-14-51)12-13-27-32(28)37(54)48(35(27)52)23-4-3-5-24(17-23)50(56)57/h1-12,16-17,19,27-29,32-33,51H,13-15,18H2,(H,46,47)/t27-,28+,29-,32-,33+,39+/m0/s1. The summed E-state index contributed by atoms with van der Waals surface area (Å²) in [7, 11) is 0. The fraction of sp³-hybridized carbons (Fsp3) is 0.275. The Morgan fingerprint density at radius 3 is 2.40 bits per heavy atom. The monoisotopic (exact) mass is 835 g/mol. The van der Waals surface area contributed by atoms with Crippen LogP contribution in [0.4, 0.5) is 30.4 Å². The summed E-state index contributed by atoms with van der Waals surface area (Å²) < 4.78 is 46.6. The summed E-state index contributed by atoms with van der Waals surface area (Å²) in [5.74, 6) is -8.19. The van der Waals surface area contributed by atoms with Gasteiger partial charge in [0.15, 0.2) is 5.82 Å². The second-order valence-electron chi connectivity index (χ2n) is 14.3. The Morgan fingerprint density at radius 1 is 0.966 bits per heavy atom. The number of rotatable bonds is 9. The largest absolute Gasteiger partial charge is 0.491 e. The summed E-state index contributed by atoms with van der Waals surface area (Å²) in [5.41, 5.74) is 0.570. The molecule has 4 amide bonds. The molecule has 298 valence electrons. The molecule has 1 saturated carbocycles. The number of imide groups is 2. The smallest absolute Gasteiger partial charge is 0.417 e. The zero-order valence-electron chi connectivity index (χ0n) is 29.9. The van der Waals surface area contributed by atoms with Crippen molar-refractivity contribution in [1.29, 1.82) is 0 Å². The lowest BCUT2D eigenvalue weighted by Gasteiger charge is -2.50. The van der Waals surface area contributed by atoms with Crippen LogP contribution in [0.1, 0.15) is 35.4 Å². The Balaban J connectivity index is 1.31. The Labute approximate surface area is 337 Å². The van der Waals surface area contributed by atoms with E-state index < -0.39 is 86.1 Å². The topological polar surface area (TPSA) is 172 Å². The van der Waals surface area contributed by atoms with Crippen LogP contribution >= 0.6 is 23.2 Å². The normalized spacial score (nSPS) is 25.3. The second kappa shape index (κ2) is 14.5. The van der Waals surface area contributed by atoms with Crippen molar-refractivity contribution in [2.75, 3.05) is 23.5 Å². The van der Waals surface area contributed by atoms with E-state index in [1.165, 1.54) is 18.2 Å².